The Bertz CT molecular complexity index is 965. The second kappa shape index (κ2) is 6.66. The molecule has 0 bridgehead atoms. The summed E-state index contributed by atoms with van der Waals surface area (Å²) in [5.74, 6) is 0. The molecule has 3 nitrogen and oxygen atoms in total. The Labute approximate surface area is 151 Å². The first-order valence-corrected chi connectivity index (χ1v) is 9.01. The molecule has 128 valence electrons. The van der Waals surface area contributed by atoms with Gasteiger partial charge in [0.2, 0.25) is 0 Å². The number of likely N-dealkylation sites (tertiary alicyclic amines) is 1. The Balaban J connectivity index is 1.73. The molecular formula is C21H20ClNO2. The maximum absolute atomic E-state index is 12.0. The van der Waals surface area contributed by atoms with Crippen LogP contribution in [0.4, 0.5) is 0 Å². The molecule has 0 unspecified atom stereocenters. The van der Waals surface area contributed by atoms with Crippen molar-refractivity contribution in [2.45, 2.75) is 32.4 Å². The number of aryl methyl sites for hydroxylation is 1. The van der Waals surface area contributed by atoms with E-state index in [0.29, 0.717) is 16.6 Å². The zero-order chi connectivity index (χ0) is 17.4. The minimum Gasteiger partial charge on any atom is -0.423 e. The molecule has 0 radical (unpaired) electrons. The van der Waals surface area contributed by atoms with Gasteiger partial charge in [0.1, 0.15) is 5.58 Å². The minimum atomic E-state index is -0.306. The lowest BCUT2D eigenvalue weighted by atomic mass is 10.0. The van der Waals surface area contributed by atoms with Gasteiger partial charge < -0.3 is 4.42 Å². The first kappa shape index (κ1) is 16.4. The van der Waals surface area contributed by atoms with Crippen LogP contribution in [0, 0.1) is 6.92 Å². The normalized spacial score (nSPS) is 18.1. The van der Waals surface area contributed by atoms with E-state index in [0.717, 1.165) is 36.0 Å². The fraction of sp³-hybridized carbons (Fsp3) is 0.286. The van der Waals surface area contributed by atoms with Crippen LogP contribution in [0.25, 0.3) is 11.0 Å². The Hall–Kier alpha value is -2.10. The zero-order valence-electron chi connectivity index (χ0n) is 14.2. The summed E-state index contributed by atoms with van der Waals surface area (Å²) in [6.07, 6.45) is 2.31. The van der Waals surface area contributed by atoms with E-state index in [9.17, 15) is 4.79 Å². The van der Waals surface area contributed by atoms with Gasteiger partial charge in [0.15, 0.2) is 0 Å². The molecule has 1 fully saturated rings. The molecule has 0 aliphatic carbocycles. The molecular weight excluding hydrogens is 334 g/mol. The topological polar surface area (TPSA) is 33.5 Å². The van der Waals surface area contributed by atoms with E-state index >= 15 is 0 Å². The van der Waals surface area contributed by atoms with Crippen LogP contribution in [-0.2, 0) is 6.54 Å². The number of hydrogen-bond acceptors (Lipinski definition) is 3. The summed E-state index contributed by atoms with van der Waals surface area (Å²) in [4.78, 5) is 14.4. The van der Waals surface area contributed by atoms with Gasteiger partial charge in [0, 0.05) is 29.1 Å². The number of benzene rings is 2. The lowest BCUT2D eigenvalue weighted by molar-refractivity contribution is 0.249. The molecule has 4 heteroatoms. The van der Waals surface area contributed by atoms with E-state index in [2.05, 4.69) is 29.2 Å². The van der Waals surface area contributed by atoms with Crippen LogP contribution >= 0.6 is 11.6 Å². The summed E-state index contributed by atoms with van der Waals surface area (Å²) < 4.78 is 5.38. The smallest absolute Gasteiger partial charge is 0.336 e. The highest BCUT2D eigenvalue weighted by Crippen LogP contribution is 2.34. The van der Waals surface area contributed by atoms with Gasteiger partial charge in [-0.05, 0) is 55.1 Å². The number of halogens is 1. The fourth-order valence-electron chi connectivity index (χ4n) is 3.77. The van der Waals surface area contributed by atoms with Crippen molar-refractivity contribution >= 4 is 22.6 Å². The van der Waals surface area contributed by atoms with Gasteiger partial charge in [-0.1, -0.05) is 41.9 Å². The zero-order valence-corrected chi connectivity index (χ0v) is 14.9. The van der Waals surface area contributed by atoms with Crippen LogP contribution in [0.15, 0.2) is 57.7 Å². The Kier molecular flexibility index (Phi) is 4.36. The Morgan fingerprint density at radius 1 is 1.20 bits per heavy atom. The van der Waals surface area contributed by atoms with E-state index < -0.39 is 0 Å². The second-order valence-corrected chi connectivity index (χ2v) is 7.13. The molecule has 25 heavy (non-hydrogen) atoms. The molecule has 1 aliphatic heterocycles. The third-order valence-corrected chi connectivity index (χ3v) is 5.44. The molecule has 1 saturated heterocycles. The van der Waals surface area contributed by atoms with Crippen LogP contribution in [0.3, 0.4) is 0 Å². The van der Waals surface area contributed by atoms with Gasteiger partial charge in [-0.15, -0.1) is 0 Å². The average molecular weight is 354 g/mol. The maximum atomic E-state index is 12.0. The summed E-state index contributed by atoms with van der Waals surface area (Å²) in [7, 11) is 0. The predicted octanol–water partition coefficient (Wildman–Crippen LogP) is 5.09. The number of rotatable bonds is 3. The fourth-order valence-corrected chi connectivity index (χ4v) is 3.93. The van der Waals surface area contributed by atoms with Gasteiger partial charge in [0.25, 0.3) is 0 Å². The third kappa shape index (κ3) is 3.22. The quantitative estimate of drug-likeness (QED) is 0.615. The Morgan fingerprint density at radius 2 is 2.00 bits per heavy atom. The van der Waals surface area contributed by atoms with Crippen LogP contribution in [0.5, 0.6) is 0 Å². The van der Waals surface area contributed by atoms with E-state index in [1.54, 1.807) is 6.07 Å². The molecule has 3 aromatic rings. The van der Waals surface area contributed by atoms with Gasteiger partial charge in [0.05, 0.1) is 0 Å². The van der Waals surface area contributed by atoms with Crippen molar-refractivity contribution in [2.24, 2.45) is 0 Å². The lowest BCUT2D eigenvalue weighted by Crippen LogP contribution is -2.23. The molecule has 0 spiro atoms. The molecule has 0 N–H and O–H groups in total. The van der Waals surface area contributed by atoms with Gasteiger partial charge >= 0.3 is 5.63 Å². The first-order valence-electron chi connectivity index (χ1n) is 8.64. The van der Waals surface area contributed by atoms with Crippen molar-refractivity contribution in [1.29, 1.82) is 0 Å². The third-order valence-electron chi connectivity index (χ3n) is 5.03. The molecule has 1 atom stereocenters. The van der Waals surface area contributed by atoms with E-state index in [-0.39, 0.29) is 5.63 Å². The van der Waals surface area contributed by atoms with E-state index in [1.165, 1.54) is 12.0 Å². The van der Waals surface area contributed by atoms with E-state index in [4.69, 9.17) is 16.0 Å². The molecule has 1 aromatic heterocycles. The molecule has 4 rings (SSSR count). The summed E-state index contributed by atoms with van der Waals surface area (Å²) in [5.41, 5.74) is 3.54. The summed E-state index contributed by atoms with van der Waals surface area (Å²) in [5, 5.41) is 1.62. The SMILES string of the molecule is Cc1cc2oc(=O)cc(CN3CCC[C@H]3c3ccccc3)c2cc1Cl. The monoisotopic (exact) mass is 353 g/mol. The van der Waals surface area contributed by atoms with Gasteiger partial charge in [-0.3, -0.25) is 4.90 Å². The first-order chi connectivity index (χ1) is 12.1. The maximum Gasteiger partial charge on any atom is 0.336 e. The largest absolute Gasteiger partial charge is 0.423 e. The predicted molar refractivity (Wildman–Crippen MR) is 101 cm³/mol. The molecule has 0 amide bonds. The highest BCUT2D eigenvalue weighted by atomic mass is 35.5. The Morgan fingerprint density at radius 3 is 2.80 bits per heavy atom. The van der Waals surface area contributed by atoms with Crippen LogP contribution in [0.1, 0.15) is 35.6 Å². The molecule has 2 heterocycles. The van der Waals surface area contributed by atoms with Crippen molar-refractivity contribution in [3.05, 3.63) is 80.7 Å². The molecule has 1 aliphatic rings. The van der Waals surface area contributed by atoms with Crippen LogP contribution in [0.2, 0.25) is 5.02 Å². The van der Waals surface area contributed by atoms with Crippen molar-refractivity contribution in [3.63, 3.8) is 0 Å². The lowest BCUT2D eigenvalue weighted by Gasteiger charge is -2.25. The van der Waals surface area contributed by atoms with Crippen molar-refractivity contribution in [3.8, 4) is 0 Å². The van der Waals surface area contributed by atoms with E-state index in [1.807, 2.05) is 25.1 Å². The van der Waals surface area contributed by atoms with Crippen molar-refractivity contribution in [2.75, 3.05) is 6.54 Å². The average Bonchev–Trinajstić information content (AvgIpc) is 3.05. The summed E-state index contributed by atoms with van der Waals surface area (Å²) in [6.45, 7) is 3.67. The highest BCUT2D eigenvalue weighted by Gasteiger charge is 2.26. The minimum absolute atomic E-state index is 0.306. The van der Waals surface area contributed by atoms with Gasteiger partial charge in [-0.2, -0.15) is 0 Å². The standard InChI is InChI=1S/C21H20ClNO2/c1-14-10-20-17(12-18(14)22)16(11-21(24)25-20)13-23-9-5-8-19(23)15-6-3-2-4-7-15/h2-4,6-7,10-12,19H,5,8-9,13H2,1H3/t19-/m0/s1. The highest BCUT2D eigenvalue weighted by molar-refractivity contribution is 6.32. The molecule has 0 saturated carbocycles. The van der Waals surface area contributed by atoms with Crippen LogP contribution in [-0.4, -0.2) is 11.4 Å². The summed E-state index contributed by atoms with van der Waals surface area (Å²) >= 11 is 6.31. The van der Waals surface area contributed by atoms with Crippen molar-refractivity contribution in [1.82, 2.24) is 4.90 Å². The number of hydrogen-bond donors (Lipinski definition) is 0. The summed E-state index contributed by atoms with van der Waals surface area (Å²) in [6, 6.07) is 16.3. The second-order valence-electron chi connectivity index (χ2n) is 6.73. The number of nitrogens with zero attached hydrogens (tertiary/aromatic N) is 1. The number of fused-ring (bicyclic) bond motifs is 1. The van der Waals surface area contributed by atoms with Crippen LogP contribution < -0.4 is 5.63 Å². The van der Waals surface area contributed by atoms with Crippen molar-refractivity contribution < 1.29 is 4.42 Å². The molecule has 2 aromatic carbocycles. The van der Waals surface area contributed by atoms with Gasteiger partial charge in [-0.25, -0.2) is 4.79 Å².